The first-order valence-electron chi connectivity index (χ1n) is 6.97. The van der Waals surface area contributed by atoms with Crippen LogP contribution in [0.15, 0.2) is 0 Å². The molecule has 0 saturated heterocycles. The van der Waals surface area contributed by atoms with Gasteiger partial charge in [-0.3, -0.25) is 4.90 Å². The molecule has 102 valence electrons. The minimum Gasteiger partial charge on any atom is -0.374 e. The number of nitrogens with zero attached hydrogens (tertiary/aromatic N) is 3. The van der Waals surface area contributed by atoms with Gasteiger partial charge in [0.1, 0.15) is 10.7 Å². The zero-order valence-electron chi connectivity index (χ0n) is 11.6. The van der Waals surface area contributed by atoms with Crippen molar-refractivity contribution in [2.75, 3.05) is 18.9 Å². The molecule has 1 fully saturated rings. The molecule has 5 heteroatoms. The molecule has 4 nitrogen and oxygen atoms in total. The summed E-state index contributed by atoms with van der Waals surface area (Å²) in [5.41, 5.74) is 1.10. The highest BCUT2D eigenvalue weighted by atomic mass is 32.1. The van der Waals surface area contributed by atoms with Gasteiger partial charge in [0, 0.05) is 30.7 Å². The average molecular weight is 268 g/mol. The molecule has 1 aromatic rings. The maximum Gasteiger partial charge on any atom is 0.134 e. The molecule has 1 saturated carbocycles. The van der Waals surface area contributed by atoms with Crippen molar-refractivity contribution in [3.63, 3.8) is 0 Å². The predicted octanol–water partition coefficient (Wildman–Crippen LogP) is 2.98. The molecule has 2 atom stereocenters. The van der Waals surface area contributed by atoms with Gasteiger partial charge in [-0.15, -0.1) is 5.10 Å². The van der Waals surface area contributed by atoms with E-state index >= 15 is 0 Å². The molecule has 2 unspecified atom stereocenters. The summed E-state index contributed by atoms with van der Waals surface area (Å²) in [4.78, 5) is 2.46. The number of aromatic nitrogens is 2. The maximum absolute atomic E-state index is 4.26. The maximum atomic E-state index is 4.26. The van der Waals surface area contributed by atoms with Gasteiger partial charge in [-0.25, -0.2) is 0 Å². The largest absolute Gasteiger partial charge is 0.374 e. The SMILES string of the molecule is CCNc1snnc1CN(C)C1CCCCC1C. The van der Waals surface area contributed by atoms with Crippen LogP contribution in [0.1, 0.15) is 45.2 Å². The Bertz CT molecular complexity index is 366. The minimum absolute atomic E-state index is 0.704. The van der Waals surface area contributed by atoms with Crippen LogP contribution in [-0.4, -0.2) is 34.1 Å². The van der Waals surface area contributed by atoms with Crippen LogP contribution >= 0.6 is 11.5 Å². The monoisotopic (exact) mass is 268 g/mol. The molecular formula is C13H24N4S. The van der Waals surface area contributed by atoms with E-state index in [-0.39, 0.29) is 0 Å². The topological polar surface area (TPSA) is 41.1 Å². The van der Waals surface area contributed by atoms with Crippen molar-refractivity contribution in [3.8, 4) is 0 Å². The van der Waals surface area contributed by atoms with E-state index in [0.29, 0.717) is 6.04 Å². The normalized spacial score (nSPS) is 24.4. The molecule has 0 amide bonds. The number of rotatable bonds is 5. The average Bonchev–Trinajstić information content (AvgIpc) is 2.78. The number of anilines is 1. The summed E-state index contributed by atoms with van der Waals surface area (Å²) in [5, 5.41) is 8.73. The van der Waals surface area contributed by atoms with E-state index in [1.807, 2.05) is 0 Å². The fraction of sp³-hybridized carbons (Fsp3) is 0.846. The zero-order chi connectivity index (χ0) is 13.0. The lowest BCUT2D eigenvalue weighted by Gasteiger charge is -2.36. The van der Waals surface area contributed by atoms with Crippen molar-refractivity contribution >= 4 is 16.5 Å². The van der Waals surface area contributed by atoms with Crippen LogP contribution in [0.3, 0.4) is 0 Å². The van der Waals surface area contributed by atoms with Gasteiger partial charge in [0.15, 0.2) is 0 Å². The number of hydrogen-bond acceptors (Lipinski definition) is 5. The summed E-state index contributed by atoms with van der Waals surface area (Å²) in [7, 11) is 2.22. The van der Waals surface area contributed by atoms with Gasteiger partial charge >= 0.3 is 0 Å². The third kappa shape index (κ3) is 3.20. The Labute approximate surface area is 114 Å². The summed E-state index contributed by atoms with van der Waals surface area (Å²) < 4.78 is 4.06. The van der Waals surface area contributed by atoms with Crippen LogP contribution in [0, 0.1) is 5.92 Å². The highest BCUT2D eigenvalue weighted by Gasteiger charge is 2.25. The summed E-state index contributed by atoms with van der Waals surface area (Å²) in [6, 6.07) is 0.704. The second kappa shape index (κ2) is 6.48. The first-order valence-corrected chi connectivity index (χ1v) is 7.75. The molecule has 1 aliphatic rings. The van der Waals surface area contributed by atoms with Crippen molar-refractivity contribution in [2.45, 2.75) is 52.1 Å². The van der Waals surface area contributed by atoms with Gasteiger partial charge < -0.3 is 5.32 Å². The Morgan fingerprint density at radius 2 is 2.17 bits per heavy atom. The quantitative estimate of drug-likeness (QED) is 0.891. The van der Waals surface area contributed by atoms with Crippen LogP contribution in [-0.2, 0) is 6.54 Å². The molecule has 1 heterocycles. The third-order valence-corrected chi connectivity index (χ3v) is 4.65. The molecule has 1 aliphatic carbocycles. The van der Waals surface area contributed by atoms with Crippen molar-refractivity contribution in [1.82, 2.24) is 14.5 Å². The lowest BCUT2D eigenvalue weighted by Crippen LogP contribution is -2.38. The molecule has 0 bridgehead atoms. The summed E-state index contributed by atoms with van der Waals surface area (Å²) >= 11 is 1.46. The van der Waals surface area contributed by atoms with E-state index in [4.69, 9.17) is 0 Å². The Balaban J connectivity index is 1.97. The van der Waals surface area contributed by atoms with Crippen molar-refractivity contribution < 1.29 is 0 Å². The van der Waals surface area contributed by atoms with E-state index in [2.05, 4.69) is 40.7 Å². The van der Waals surface area contributed by atoms with Crippen LogP contribution in [0.2, 0.25) is 0 Å². The van der Waals surface area contributed by atoms with Gasteiger partial charge in [-0.1, -0.05) is 24.3 Å². The number of nitrogens with one attached hydrogen (secondary N) is 1. The van der Waals surface area contributed by atoms with Gasteiger partial charge in [0.05, 0.1) is 0 Å². The summed E-state index contributed by atoms with van der Waals surface area (Å²) in [6.45, 7) is 6.33. The van der Waals surface area contributed by atoms with Gasteiger partial charge in [0.25, 0.3) is 0 Å². The molecule has 0 aliphatic heterocycles. The van der Waals surface area contributed by atoms with E-state index in [0.717, 1.165) is 29.7 Å². The highest BCUT2D eigenvalue weighted by Crippen LogP contribution is 2.29. The molecule has 0 aromatic carbocycles. The minimum atomic E-state index is 0.704. The molecule has 0 spiro atoms. The summed E-state index contributed by atoms with van der Waals surface area (Å²) in [6.07, 6.45) is 5.46. The fourth-order valence-corrected chi connectivity index (χ4v) is 3.55. The van der Waals surface area contributed by atoms with E-state index in [1.165, 1.54) is 37.2 Å². The molecule has 1 aromatic heterocycles. The molecular weight excluding hydrogens is 244 g/mol. The Morgan fingerprint density at radius 3 is 2.89 bits per heavy atom. The van der Waals surface area contributed by atoms with Crippen molar-refractivity contribution in [3.05, 3.63) is 5.69 Å². The lowest BCUT2D eigenvalue weighted by atomic mass is 9.85. The van der Waals surface area contributed by atoms with Crippen LogP contribution in [0.5, 0.6) is 0 Å². The smallest absolute Gasteiger partial charge is 0.134 e. The standard InChI is InChI=1S/C13H24N4S/c1-4-14-13-11(15-16-18-13)9-17(3)12-8-6-5-7-10(12)2/h10,12,14H,4-9H2,1-3H3. The van der Waals surface area contributed by atoms with E-state index in [9.17, 15) is 0 Å². The molecule has 2 rings (SSSR count). The van der Waals surface area contributed by atoms with Gasteiger partial charge in [-0.05, 0) is 32.7 Å². The van der Waals surface area contributed by atoms with Gasteiger partial charge in [-0.2, -0.15) is 0 Å². The van der Waals surface area contributed by atoms with Crippen LogP contribution < -0.4 is 5.32 Å². The van der Waals surface area contributed by atoms with Crippen molar-refractivity contribution in [2.24, 2.45) is 5.92 Å². The van der Waals surface area contributed by atoms with Gasteiger partial charge in [0.2, 0.25) is 0 Å². The molecule has 0 radical (unpaired) electrons. The fourth-order valence-electron chi connectivity index (χ4n) is 2.91. The zero-order valence-corrected chi connectivity index (χ0v) is 12.5. The Hall–Kier alpha value is -0.680. The lowest BCUT2D eigenvalue weighted by molar-refractivity contribution is 0.132. The van der Waals surface area contributed by atoms with E-state index < -0.39 is 0 Å². The first kappa shape index (κ1) is 13.7. The second-order valence-electron chi connectivity index (χ2n) is 5.32. The second-order valence-corrected chi connectivity index (χ2v) is 6.08. The van der Waals surface area contributed by atoms with Crippen LogP contribution in [0.4, 0.5) is 5.00 Å². The molecule has 1 N–H and O–H groups in total. The third-order valence-electron chi connectivity index (χ3n) is 3.92. The van der Waals surface area contributed by atoms with Crippen molar-refractivity contribution in [1.29, 1.82) is 0 Å². The first-order chi connectivity index (χ1) is 8.72. The Kier molecular flexibility index (Phi) is 4.95. The summed E-state index contributed by atoms with van der Waals surface area (Å²) in [5.74, 6) is 0.804. The Morgan fingerprint density at radius 1 is 1.39 bits per heavy atom. The predicted molar refractivity (Wildman–Crippen MR) is 77.0 cm³/mol. The highest BCUT2D eigenvalue weighted by molar-refractivity contribution is 7.10. The van der Waals surface area contributed by atoms with E-state index in [1.54, 1.807) is 0 Å². The van der Waals surface area contributed by atoms with Crippen LogP contribution in [0.25, 0.3) is 0 Å². The number of hydrogen-bond donors (Lipinski definition) is 1. The molecule has 18 heavy (non-hydrogen) atoms.